The van der Waals surface area contributed by atoms with Crippen LogP contribution in [0.3, 0.4) is 0 Å². The van der Waals surface area contributed by atoms with Gasteiger partial charge in [0.2, 0.25) is 0 Å². The molecule has 0 bridgehead atoms. The highest BCUT2D eigenvalue weighted by molar-refractivity contribution is 7.34. The summed E-state index contributed by atoms with van der Waals surface area (Å²) < 4.78 is 23.1. The highest BCUT2D eigenvalue weighted by atomic mass is 31.1. The summed E-state index contributed by atoms with van der Waals surface area (Å²) in [5.74, 6) is 0.753. The molecule has 2 heterocycles. The van der Waals surface area contributed by atoms with Crippen molar-refractivity contribution in [2.24, 2.45) is 0 Å². The summed E-state index contributed by atoms with van der Waals surface area (Å²) in [7, 11) is -2.94. The van der Waals surface area contributed by atoms with Crippen LogP contribution in [0.15, 0.2) is 61.2 Å². The Morgan fingerprint density at radius 2 is 1.03 bits per heavy atom. The Morgan fingerprint density at radius 3 is 1.38 bits per heavy atom. The third-order valence-electron chi connectivity index (χ3n) is 4.72. The van der Waals surface area contributed by atoms with Crippen LogP contribution in [0.25, 0.3) is 22.5 Å². The number of nitrogens with zero attached hydrogens (tertiary/aromatic N) is 4. The largest absolute Gasteiger partial charge is 0.418 e. The third kappa shape index (κ3) is 4.74. The predicted molar refractivity (Wildman–Crippen MR) is 125 cm³/mol. The molecule has 0 aliphatic rings. The topological polar surface area (TPSA) is 173 Å². The van der Waals surface area contributed by atoms with Crippen molar-refractivity contribution in [3.05, 3.63) is 72.3 Å². The molecule has 11 nitrogen and oxygen atoms in total. The molecule has 4 aromatic rings. The molecule has 0 saturated heterocycles. The van der Waals surface area contributed by atoms with Crippen molar-refractivity contribution >= 4 is 32.5 Å². The first kappa shape index (κ1) is 22.6. The number of benzene rings is 2. The van der Waals surface area contributed by atoms with Crippen molar-refractivity contribution in [3.63, 3.8) is 0 Å². The molecule has 0 saturated carbocycles. The van der Waals surface area contributed by atoms with Crippen LogP contribution in [-0.4, -0.2) is 32.5 Å². The molecular formula is C22H17N6O5P. The van der Waals surface area contributed by atoms with Gasteiger partial charge in [-0.25, -0.2) is 24.5 Å². The number of hydrogen-bond donors (Lipinski definition) is 2. The monoisotopic (exact) mass is 476 g/mol. The van der Waals surface area contributed by atoms with E-state index in [-0.39, 0.29) is 22.8 Å². The first-order valence-corrected chi connectivity index (χ1v) is 10.9. The predicted octanol–water partition coefficient (Wildman–Crippen LogP) is 3.24. The lowest BCUT2D eigenvalue weighted by Gasteiger charge is -2.10. The minimum Gasteiger partial charge on any atom is -0.418 e. The van der Waals surface area contributed by atoms with E-state index in [0.29, 0.717) is 46.6 Å². The molecule has 0 aliphatic carbocycles. The second-order valence-electron chi connectivity index (χ2n) is 6.78. The van der Waals surface area contributed by atoms with Gasteiger partial charge in [-0.15, -0.1) is 0 Å². The smallest absolute Gasteiger partial charge is 0.418 e. The molecule has 170 valence electrons. The lowest BCUT2D eigenvalue weighted by atomic mass is 10.1. The van der Waals surface area contributed by atoms with Gasteiger partial charge in [0.05, 0.1) is 22.5 Å². The summed E-state index contributed by atoms with van der Waals surface area (Å²) in [6.45, 7) is 0. The minimum atomic E-state index is -2.94. The van der Waals surface area contributed by atoms with E-state index in [2.05, 4.69) is 19.9 Å². The van der Waals surface area contributed by atoms with Crippen molar-refractivity contribution in [1.82, 2.24) is 19.9 Å². The lowest BCUT2D eigenvalue weighted by Crippen LogP contribution is -2.01. The number of carbonyl (C=O) groups excluding carboxylic acids is 2. The molecule has 12 heteroatoms. The van der Waals surface area contributed by atoms with Crippen LogP contribution in [-0.2, 0) is 4.57 Å². The maximum atomic E-state index is 12.4. The molecule has 2 aromatic carbocycles. The van der Waals surface area contributed by atoms with Gasteiger partial charge in [-0.05, 0) is 48.5 Å². The number of nitrogen functional groups attached to an aromatic ring is 2. The summed E-state index contributed by atoms with van der Waals surface area (Å²) in [6.07, 6.45) is 3.71. The minimum absolute atomic E-state index is 0.0790. The number of anilines is 2. The Morgan fingerprint density at radius 1 is 0.647 bits per heavy atom. The van der Waals surface area contributed by atoms with E-state index in [0.717, 1.165) is 0 Å². The summed E-state index contributed by atoms with van der Waals surface area (Å²) in [6, 6.07) is 12.8. The number of carbonyl (C=O) groups is 2. The van der Waals surface area contributed by atoms with Gasteiger partial charge in [0, 0.05) is 11.1 Å². The number of aldehydes is 2. The Bertz CT molecular complexity index is 1270. The van der Waals surface area contributed by atoms with E-state index < -0.39 is 8.25 Å². The van der Waals surface area contributed by atoms with Crippen molar-refractivity contribution in [2.45, 2.75) is 0 Å². The maximum absolute atomic E-state index is 12.4. The van der Waals surface area contributed by atoms with Gasteiger partial charge in [0.15, 0.2) is 12.6 Å². The molecule has 4 rings (SSSR count). The summed E-state index contributed by atoms with van der Waals surface area (Å²) in [5, 5.41) is 0. The van der Waals surface area contributed by atoms with Crippen LogP contribution in [0.4, 0.5) is 11.6 Å². The van der Waals surface area contributed by atoms with Crippen LogP contribution in [0.1, 0.15) is 20.7 Å². The summed E-state index contributed by atoms with van der Waals surface area (Å²) in [5.41, 5.74) is 13.8. The van der Waals surface area contributed by atoms with Gasteiger partial charge in [0.25, 0.3) is 0 Å². The first-order chi connectivity index (χ1) is 16.5. The van der Waals surface area contributed by atoms with Gasteiger partial charge < -0.3 is 20.5 Å². The first-order valence-electron chi connectivity index (χ1n) is 9.72. The van der Waals surface area contributed by atoms with Crippen LogP contribution in [0.2, 0.25) is 0 Å². The van der Waals surface area contributed by atoms with E-state index in [1.165, 1.54) is 12.7 Å². The Kier molecular flexibility index (Phi) is 6.56. The van der Waals surface area contributed by atoms with Crippen molar-refractivity contribution in [3.8, 4) is 34.0 Å². The van der Waals surface area contributed by atoms with Crippen LogP contribution >= 0.6 is 8.25 Å². The number of rotatable bonds is 8. The average Bonchev–Trinajstić information content (AvgIpc) is 2.84. The van der Waals surface area contributed by atoms with Gasteiger partial charge in [0.1, 0.15) is 35.8 Å². The Hall–Kier alpha value is -4.63. The zero-order chi connectivity index (χ0) is 24.1. The van der Waals surface area contributed by atoms with Crippen molar-refractivity contribution in [1.29, 1.82) is 0 Å². The summed E-state index contributed by atoms with van der Waals surface area (Å²) in [4.78, 5) is 38.4. The van der Waals surface area contributed by atoms with Gasteiger partial charge >= 0.3 is 8.25 Å². The summed E-state index contributed by atoms with van der Waals surface area (Å²) >= 11 is 0. The fourth-order valence-corrected chi connectivity index (χ4v) is 3.78. The third-order valence-corrected chi connectivity index (χ3v) is 5.53. The number of nitrogens with two attached hydrogens (primary N) is 2. The molecule has 0 atom stereocenters. The molecule has 0 aliphatic heterocycles. The standard InChI is InChI=1S/C22H17N6O5P/c23-21-17(9-29)19(25-11-27-21)13-1-5-15(6-2-13)32-34(31)33-16-7-3-14(4-8-16)20-18(10-30)22(24)28-12-26-20/h1-12,34H,(H2,23,25,27)(H2,24,26,28). The van der Waals surface area contributed by atoms with Gasteiger partial charge in [-0.3, -0.25) is 9.59 Å². The van der Waals surface area contributed by atoms with Crippen molar-refractivity contribution in [2.75, 3.05) is 11.5 Å². The van der Waals surface area contributed by atoms with E-state index in [4.69, 9.17) is 20.5 Å². The van der Waals surface area contributed by atoms with Gasteiger partial charge in [-0.1, -0.05) is 0 Å². The highest BCUT2D eigenvalue weighted by Gasteiger charge is 2.13. The fourth-order valence-electron chi connectivity index (χ4n) is 3.09. The second kappa shape index (κ2) is 9.88. The van der Waals surface area contributed by atoms with E-state index in [9.17, 15) is 14.2 Å². The van der Waals surface area contributed by atoms with Crippen molar-refractivity contribution < 1.29 is 23.2 Å². The molecule has 0 unspecified atom stereocenters. The molecule has 34 heavy (non-hydrogen) atoms. The Balaban J connectivity index is 1.43. The normalized spacial score (nSPS) is 10.6. The van der Waals surface area contributed by atoms with Crippen LogP contribution in [0.5, 0.6) is 11.5 Å². The van der Waals surface area contributed by atoms with E-state index in [1.807, 2.05) is 0 Å². The molecule has 0 fully saturated rings. The van der Waals surface area contributed by atoms with E-state index >= 15 is 0 Å². The Labute approximate surface area is 193 Å². The zero-order valence-corrected chi connectivity index (χ0v) is 18.4. The molecular weight excluding hydrogens is 459 g/mol. The van der Waals surface area contributed by atoms with E-state index in [1.54, 1.807) is 48.5 Å². The number of aromatic nitrogens is 4. The SMILES string of the molecule is Nc1ncnc(-c2ccc(O[PH](=O)Oc3ccc(-c4ncnc(N)c4C=O)cc3)cc2)c1C=O. The lowest BCUT2D eigenvalue weighted by molar-refractivity contribution is 0.111. The highest BCUT2D eigenvalue weighted by Crippen LogP contribution is 2.33. The second-order valence-corrected chi connectivity index (χ2v) is 7.69. The van der Waals surface area contributed by atoms with Crippen LogP contribution in [0, 0.1) is 0 Å². The van der Waals surface area contributed by atoms with Crippen LogP contribution < -0.4 is 20.5 Å². The number of hydrogen-bond acceptors (Lipinski definition) is 11. The maximum Gasteiger partial charge on any atom is 0.418 e. The molecule has 4 N–H and O–H groups in total. The average molecular weight is 476 g/mol. The molecule has 0 spiro atoms. The fraction of sp³-hybridized carbons (Fsp3) is 0. The molecule has 0 radical (unpaired) electrons. The zero-order valence-electron chi connectivity index (χ0n) is 17.4. The molecule has 2 aromatic heterocycles. The molecule has 0 amide bonds. The quantitative estimate of drug-likeness (QED) is 0.282. The van der Waals surface area contributed by atoms with Gasteiger partial charge in [-0.2, -0.15) is 0 Å².